The average Bonchev–Trinajstić information content (AvgIpc) is 3.30. The minimum Gasteiger partial charge on any atom is -0.355 e. The standard InChI is InChI=1S/C23H26ClN5OS/c24-20-9-4-6-18(14-20)16-31-13-12-27-23(26-11-5-10-21-15-25-17-28-21)29-22(30)19-7-2-1-3-8-19/h1-4,6-9,14-15,17H,5,10-13,16H2,(H,25,28)(H2,26,27,29,30). The number of aryl methyl sites for hydroxylation is 1. The minimum atomic E-state index is -0.174. The van der Waals surface area contributed by atoms with E-state index >= 15 is 0 Å². The van der Waals surface area contributed by atoms with E-state index in [1.165, 1.54) is 5.56 Å². The highest BCUT2D eigenvalue weighted by Crippen LogP contribution is 2.16. The summed E-state index contributed by atoms with van der Waals surface area (Å²) in [6, 6.07) is 17.0. The number of aromatic nitrogens is 2. The quantitative estimate of drug-likeness (QED) is 0.242. The highest BCUT2D eigenvalue weighted by Gasteiger charge is 2.08. The maximum Gasteiger partial charge on any atom is 0.257 e. The Balaban J connectivity index is 1.47. The number of hydrogen-bond acceptors (Lipinski definition) is 4. The van der Waals surface area contributed by atoms with Crippen molar-refractivity contribution in [3.05, 3.63) is 89.0 Å². The Hall–Kier alpha value is -2.77. The summed E-state index contributed by atoms with van der Waals surface area (Å²) < 4.78 is 0. The predicted molar refractivity (Wildman–Crippen MR) is 129 cm³/mol. The number of aliphatic imine (C=N–C) groups is 1. The summed E-state index contributed by atoms with van der Waals surface area (Å²) in [6.07, 6.45) is 5.21. The van der Waals surface area contributed by atoms with Crippen LogP contribution in [0, 0.1) is 0 Å². The lowest BCUT2D eigenvalue weighted by molar-refractivity contribution is 0.0976. The van der Waals surface area contributed by atoms with Gasteiger partial charge in [0.2, 0.25) is 0 Å². The number of hydrogen-bond donors (Lipinski definition) is 3. The molecule has 0 aliphatic rings. The maximum absolute atomic E-state index is 12.5. The van der Waals surface area contributed by atoms with Crippen LogP contribution < -0.4 is 10.6 Å². The second-order valence-electron chi connectivity index (χ2n) is 6.84. The topological polar surface area (TPSA) is 82.2 Å². The average molecular weight is 456 g/mol. The Kier molecular flexibility index (Phi) is 9.47. The second-order valence-corrected chi connectivity index (χ2v) is 8.38. The summed E-state index contributed by atoms with van der Waals surface area (Å²) in [5.41, 5.74) is 2.88. The number of nitrogens with one attached hydrogen (secondary N) is 3. The summed E-state index contributed by atoms with van der Waals surface area (Å²) in [4.78, 5) is 24.2. The molecule has 0 aliphatic heterocycles. The molecule has 0 aliphatic carbocycles. The van der Waals surface area contributed by atoms with Crippen molar-refractivity contribution in [2.24, 2.45) is 4.99 Å². The molecule has 0 unspecified atom stereocenters. The van der Waals surface area contributed by atoms with Crippen molar-refractivity contribution in [3.8, 4) is 0 Å². The lowest BCUT2D eigenvalue weighted by Gasteiger charge is -2.12. The van der Waals surface area contributed by atoms with Gasteiger partial charge in [-0.2, -0.15) is 11.8 Å². The number of aromatic amines is 1. The number of imidazole rings is 1. The number of benzene rings is 2. The van der Waals surface area contributed by atoms with E-state index in [4.69, 9.17) is 11.6 Å². The fourth-order valence-corrected chi connectivity index (χ4v) is 3.87. The number of halogens is 1. The first-order valence-corrected chi connectivity index (χ1v) is 11.7. The SMILES string of the molecule is O=C(NC(=NCCCc1cnc[nH]1)NCCSCc1cccc(Cl)c1)c1ccccc1. The van der Waals surface area contributed by atoms with Gasteiger partial charge in [0.1, 0.15) is 0 Å². The molecule has 8 heteroatoms. The van der Waals surface area contributed by atoms with Gasteiger partial charge in [0.05, 0.1) is 6.33 Å². The number of carbonyl (C=O) groups is 1. The van der Waals surface area contributed by atoms with E-state index in [9.17, 15) is 4.79 Å². The first kappa shape index (κ1) is 22.9. The molecular formula is C23H26ClN5OS. The molecule has 0 saturated heterocycles. The molecule has 3 rings (SSSR count). The van der Waals surface area contributed by atoms with Crippen LogP contribution in [0.2, 0.25) is 5.02 Å². The first-order valence-electron chi connectivity index (χ1n) is 10.1. The smallest absolute Gasteiger partial charge is 0.257 e. The third kappa shape index (κ3) is 8.47. The Morgan fingerprint density at radius 3 is 2.81 bits per heavy atom. The van der Waals surface area contributed by atoms with Crippen LogP contribution in [0.15, 0.2) is 72.1 Å². The van der Waals surface area contributed by atoms with Gasteiger partial charge < -0.3 is 10.3 Å². The maximum atomic E-state index is 12.5. The molecule has 6 nitrogen and oxygen atoms in total. The highest BCUT2D eigenvalue weighted by molar-refractivity contribution is 7.98. The minimum absolute atomic E-state index is 0.174. The Labute approximate surface area is 191 Å². The Bertz CT molecular complexity index is 963. The summed E-state index contributed by atoms with van der Waals surface area (Å²) in [5.74, 6) is 2.09. The van der Waals surface area contributed by atoms with Crippen LogP contribution in [0.3, 0.4) is 0 Å². The van der Waals surface area contributed by atoms with Crippen LogP contribution in [-0.4, -0.2) is 40.7 Å². The number of H-pyrrole nitrogens is 1. The van der Waals surface area contributed by atoms with Crippen molar-refractivity contribution >= 4 is 35.2 Å². The van der Waals surface area contributed by atoms with Gasteiger partial charge in [-0.1, -0.05) is 41.9 Å². The summed E-state index contributed by atoms with van der Waals surface area (Å²) in [6.45, 7) is 1.30. The van der Waals surface area contributed by atoms with Crippen molar-refractivity contribution in [3.63, 3.8) is 0 Å². The molecule has 0 spiro atoms. The molecule has 1 aromatic heterocycles. The Morgan fingerprint density at radius 1 is 1.16 bits per heavy atom. The molecule has 1 heterocycles. The Morgan fingerprint density at radius 2 is 2.03 bits per heavy atom. The number of nitrogens with zero attached hydrogens (tertiary/aromatic N) is 2. The monoisotopic (exact) mass is 455 g/mol. The van der Waals surface area contributed by atoms with Crippen LogP contribution in [0.4, 0.5) is 0 Å². The molecule has 3 aromatic rings. The summed E-state index contributed by atoms with van der Waals surface area (Å²) in [7, 11) is 0. The van der Waals surface area contributed by atoms with E-state index < -0.39 is 0 Å². The number of thioether (sulfide) groups is 1. The highest BCUT2D eigenvalue weighted by atomic mass is 35.5. The molecule has 3 N–H and O–H groups in total. The molecule has 0 radical (unpaired) electrons. The van der Waals surface area contributed by atoms with E-state index in [1.54, 1.807) is 30.2 Å². The molecule has 0 atom stereocenters. The molecule has 162 valence electrons. The van der Waals surface area contributed by atoms with Crippen LogP contribution in [0.25, 0.3) is 0 Å². The molecule has 1 amide bonds. The number of guanidine groups is 1. The second kappa shape index (κ2) is 12.8. The van der Waals surface area contributed by atoms with E-state index in [0.717, 1.165) is 35.1 Å². The van der Waals surface area contributed by atoms with Crippen molar-refractivity contribution in [1.29, 1.82) is 0 Å². The third-order valence-corrected chi connectivity index (χ3v) is 5.66. The van der Waals surface area contributed by atoms with Gasteiger partial charge in [0, 0.05) is 47.1 Å². The van der Waals surface area contributed by atoms with Crippen LogP contribution in [0.5, 0.6) is 0 Å². The molecule has 0 bridgehead atoms. The third-order valence-electron chi connectivity index (χ3n) is 4.39. The van der Waals surface area contributed by atoms with Gasteiger partial charge >= 0.3 is 0 Å². The van der Waals surface area contributed by atoms with Crippen molar-refractivity contribution in [2.45, 2.75) is 18.6 Å². The lowest BCUT2D eigenvalue weighted by Crippen LogP contribution is -2.42. The van der Waals surface area contributed by atoms with Gasteiger partial charge in [-0.05, 0) is 42.7 Å². The fraction of sp³-hybridized carbons (Fsp3) is 0.261. The molecular weight excluding hydrogens is 430 g/mol. The first-order chi connectivity index (χ1) is 15.2. The van der Waals surface area contributed by atoms with Crippen molar-refractivity contribution in [1.82, 2.24) is 20.6 Å². The van der Waals surface area contributed by atoms with Gasteiger partial charge in [-0.3, -0.25) is 15.1 Å². The predicted octanol–water partition coefficient (Wildman–Crippen LogP) is 4.30. The number of rotatable bonds is 10. The van der Waals surface area contributed by atoms with E-state index in [1.807, 2.05) is 42.6 Å². The lowest BCUT2D eigenvalue weighted by atomic mass is 10.2. The van der Waals surface area contributed by atoms with Crippen molar-refractivity contribution < 1.29 is 4.79 Å². The van der Waals surface area contributed by atoms with Crippen molar-refractivity contribution in [2.75, 3.05) is 18.8 Å². The van der Waals surface area contributed by atoms with E-state index in [-0.39, 0.29) is 5.91 Å². The summed E-state index contributed by atoms with van der Waals surface area (Å²) >= 11 is 7.83. The van der Waals surface area contributed by atoms with Crippen LogP contribution >= 0.6 is 23.4 Å². The zero-order chi connectivity index (χ0) is 21.7. The number of amides is 1. The zero-order valence-corrected chi connectivity index (χ0v) is 18.8. The largest absolute Gasteiger partial charge is 0.355 e. The normalized spacial score (nSPS) is 11.3. The van der Waals surface area contributed by atoms with Crippen LogP contribution in [0.1, 0.15) is 28.0 Å². The summed E-state index contributed by atoms with van der Waals surface area (Å²) in [5, 5.41) is 6.91. The molecule has 31 heavy (non-hydrogen) atoms. The molecule has 0 saturated carbocycles. The van der Waals surface area contributed by atoms with E-state index in [2.05, 4.69) is 31.7 Å². The van der Waals surface area contributed by atoms with Gasteiger partial charge in [-0.15, -0.1) is 0 Å². The zero-order valence-electron chi connectivity index (χ0n) is 17.2. The molecule has 0 fully saturated rings. The number of carbonyl (C=O) groups excluding carboxylic acids is 1. The fourth-order valence-electron chi connectivity index (χ4n) is 2.85. The van der Waals surface area contributed by atoms with Gasteiger partial charge in [-0.25, -0.2) is 4.98 Å². The van der Waals surface area contributed by atoms with E-state index in [0.29, 0.717) is 24.6 Å². The van der Waals surface area contributed by atoms with Gasteiger partial charge in [0.15, 0.2) is 5.96 Å². The molecule has 2 aromatic carbocycles. The van der Waals surface area contributed by atoms with Crippen LogP contribution in [-0.2, 0) is 12.2 Å². The van der Waals surface area contributed by atoms with Gasteiger partial charge in [0.25, 0.3) is 5.91 Å².